The van der Waals surface area contributed by atoms with Crippen LogP contribution in [0, 0.1) is 11.8 Å². The first kappa shape index (κ1) is 43.5. The van der Waals surface area contributed by atoms with Gasteiger partial charge in [0.2, 0.25) is 5.91 Å². The molecule has 0 spiro atoms. The van der Waals surface area contributed by atoms with Gasteiger partial charge in [-0.25, -0.2) is 14.4 Å². The summed E-state index contributed by atoms with van der Waals surface area (Å²) in [6.07, 6.45) is 14.6. The molecule has 1 amide bonds. The first-order valence-electron chi connectivity index (χ1n) is 17.8. The summed E-state index contributed by atoms with van der Waals surface area (Å²) < 4.78 is 15.6. The molecule has 0 aromatic heterocycles. The minimum atomic E-state index is -0.931. The molecule has 0 saturated heterocycles. The van der Waals surface area contributed by atoms with Crippen LogP contribution in [0.25, 0.3) is 6.08 Å². The number of amides is 1. The zero-order valence-electron chi connectivity index (χ0n) is 30.0. The van der Waals surface area contributed by atoms with Gasteiger partial charge in [0, 0.05) is 25.3 Å². The number of Topliss-reactive ketones (excluding diaryl/α,β-unsaturated/α-hetero) is 1. The molecule has 5 N–H and O–H groups in total. The molecule has 1 unspecified atom stereocenters. The molecule has 0 radical (unpaired) electrons. The van der Waals surface area contributed by atoms with Crippen LogP contribution in [0.4, 0.5) is 0 Å². The lowest BCUT2D eigenvalue weighted by Crippen LogP contribution is -2.40. The number of hydrogen-bond acceptors (Lipinski definition) is 13. The van der Waals surface area contributed by atoms with E-state index in [1.165, 1.54) is 45.1 Å². The van der Waals surface area contributed by atoms with Crippen LogP contribution in [0.15, 0.2) is 36.4 Å². The van der Waals surface area contributed by atoms with Gasteiger partial charge in [-0.2, -0.15) is 0 Å². The number of ether oxygens (including phenoxy) is 3. The maximum Gasteiger partial charge on any atom is 0.333 e. The van der Waals surface area contributed by atoms with Gasteiger partial charge in [0.05, 0.1) is 24.7 Å². The van der Waals surface area contributed by atoms with Crippen molar-refractivity contribution in [1.82, 2.24) is 10.7 Å². The molecule has 2 rings (SSSR count). The van der Waals surface area contributed by atoms with Crippen LogP contribution in [0.5, 0.6) is 11.5 Å². The normalized spacial score (nSPS) is 19.5. The Morgan fingerprint density at radius 2 is 1.69 bits per heavy atom. The van der Waals surface area contributed by atoms with Crippen LogP contribution in [-0.4, -0.2) is 88.2 Å². The second-order valence-corrected chi connectivity index (χ2v) is 12.7. The number of aliphatic hydroxyl groups is 2. The van der Waals surface area contributed by atoms with Crippen molar-refractivity contribution >= 4 is 29.7 Å². The van der Waals surface area contributed by atoms with E-state index in [4.69, 9.17) is 24.6 Å². The van der Waals surface area contributed by atoms with Gasteiger partial charge in [-0.1, -0.05) is 50.8 Å². The fourth-order valence-corrected chi connectivity index (χ4v) is 5.95. The van der Waals surface area contributed by atoms with Crippen molar-refractivity contribution < 1.29 is 58.9 Å². The standard InChI is InChI=1S/C37H56N2O12/c1-4-5-6-7-10-13-28(40)18-19-30-29(31(41)25-32(30)42)14-11-8-9-12-15-35(43)38-26(2)37(45)51-33-20-16-27(24-34(33)48-3)17-21-36(44)49-22-23-50-39(46)47/h8,11,16-17,20-21,24,26,29-32,41-42,46-47H,4-7,9-10,12-15,18-19,22-23,25H2,1-3H3,(H,38,43)/b11-8-,21-17+/t26?,29-,30-,31+,32-/m1/s1. The van der Waals surface area contributed by atoms with Crippen LogP contribution in [0.1, 0.15) is 103 Å². The van der Waals surface area contributed by atoms with E-state index in [0.717, 1.165) is 25.3 Å². The topological polar surface area (TPSA) is 201 Å². The number of nitrogens with one attached hydrogen (secondary N) is 1. The van der Waals surface area contributed by atoms with Crippen molar-refractivity contribution in [1.29, 1.82) is 0 Å². The van der Waals surface area contributed by atoms with E-state index in [0.29, 0.717) is 50.5 Å². The van der Waals surface area contributed by atoms with Crippen molar-refractivity contribution in [2.45, 2.75) is 116 Å². The molecule has 1 fully saturated rings. The molecular weight excluding hydrogens is 664 g/mol. The predicted molar refractivity (Wildman–Crippen MR) is 186 cm³/mol. The number of rotatable bonds is 25. The third kappa shape index (κ3) is 17.4. The molecule has 1 aliphatic carbocycles. The van der Waals surface area contributed by atoms with E-state index in [1.807, 2.05) is 12.2 Å². The summed E-state index contributed by atoms with van der Waals surface area (Å²) in [7, 11) is 1.39. The number of benzene rings is 1. The minimum absolute atomic E-state index is 0.112. The molecule has 0 aliphatic heterocycles. The fraction of sp³-hybridized carbons (Fsp3) is 0.622. The Bertz CT molecular complexity index is 1280. The molecule has 0 bridgehead atoms. The number of esters is 2. The summed E-state index contributed by atoms with van der Waals surface area (Å²) in [5.74, 6) is -1.37. The van der Waals surface area contributed by atoms with Gasteiger partial charge in [0.25, 0.3) is 0 Å². The maximum atomic E-state index is 12.7. The average Bonchev–Trinajstić information content (AvgIpc) is 3.37. The average molecular weight is 721 g/mol. The summed E-state index contributed by atoms with van der Waals surface area (Å²) in [6.45, 7) is 3.20. The van der Waals surface area contributed by atoms with Gasteiger partial charge in [-0.05, 0) is 81.1 Å². The minimum Gasteiger partial charge on any atom is -0.493 e. The fourth-order valence-electron chi connectivity index (χ4n) is 5.95. The highest BCUT2D eigenvalue weighted by atomic mass is 17.1. The number of aliphatic hydroxyl groups excluding tert-OH is 2. The van der Waals surface area contributed by atoms with Crippen LogP contribution in [0.2, 0.25) is 0 Å². The SMILES string of the molecule is CCCCCCCC(=O)CC[C@@H]1[C@@H](C/C=C\CCCC(=O)NC(C)C(=O)Oc2ccc(/C=C/C(=O)OCCON(O)O)cc2OC)[C@@H](O)C[C@H]1O. The Labute approximate surface area is 300 Å². The first-order chi connectivity index (χ1) is 24.4. The number of carbonyl (C=O) groups is 4. The maximum absolute atomic E-state index is 12.7. The van der Waals surface area contributed by atoms with Crippen LogP contribution < -0.4 is 14.8 Å². The zero-order chi connectivity index (χ0) is 37.6. The van der Waals surface area contributed by atoms with E-state index >= 15 is 0 Å². The van der Waals surface area contributed by atoms with Crippen LogP contribution >= 0.6 is 0 Å². The van der Waals surface area contributed by atoms with E-state index in [-0.39, 0.29) is 54.7 Å². The van der Waals surface area contributed by atoms with Gasteiger partial charge in [0.1, 0.15) is 25.0 Å². The summed E-state index contributed by atoms with van der Waals surface area (Å²) in [4.78, 5) is 53.6. The van der Waals surface area contributed by atoms with Crippen molar-refractivity contribution in [2.75, 3.05) is 20.3 Å². The summed E-state index contributed by atoms with van der Waals surface area (Å²) in [5.41, 5.74) is 0.541. The lowest BCUT2D eigenvalue weighted by Gasteiger charge is -2.22. The number of methoxy groups -OCH3 is 1. The summed E-state index contributed by atoms with van der Waals surface area (Å²) in [6, 6.07) is 3.67. The molecule has 1 aliphatic rings. The molecule has 0 heterocycles. The Morgan fingerprint density at radius 3 is 2.41 bits per heavy atom. The van der Waals surface area contributed by atoms with E-state index in [1.54, 1.807) is 6.07 Å². The Balaban J connectivity index is 1.72. The number of hydrogen-bond donors (Lipinski definition) is 5. The second kappa shape index (κ2) is 24.5. The highest BCUT2D eigenvalue weighted by molar-refractivity contribution is 5.87. The van der Waals surface area contributed by atoms with Gasteiger partial charge < -0.3 is 29.7 Å². The van der Waals surface area contributed by atoms with Gasteiger partial charge >= 0.3 is 11.9 Å². The number of unbranched alkanes of at least 4 members (excludes halogenated alkanes) is 5. The Kier molecular flexibility index (Phi) is 20.9. The Morgan fingerprint density at radius 1 is 0.941 bits per heavy atom. The molecule has 286 valence electrons. The van der Waals surface area contributed by atoms with Crippen molar-refractivity contribution in [3.63, 3.8) is 0 Å². The van der Waals surface area contributed by atoms with Crippen molar-refractivity contribution in [3.05, 3.63) is 42.0 Å². The largest absolute Gasteiger partial charge is 0.493 e. The highest BCUT2D eigenvalue weighted by Crippen LogP contribution is 2.38. The smallest absolute Gasteiger partial charge is 0.333 e. The Hall–Kier alpha value is -3.66. The van der Waals surface area contributed by atoms with E-state index < -0.39 is 35.6 Å². The third-order valence-electron chi connectivity index (χ3n) is 8.76. The van der Waals surface area contributed by atoms with E-state index in [9.17, 15) is 29.4 Å². The molecule has 1 aromatic rings. The van der Waals surface area contributed by atoms with E-state index in [2.05, 4.69) is 17.1 Å². The molecule has 14 nitrogen and oxygen atoms in total. The summed E-state index contributed by atoms with van der Waals surface area (Å²) >= 11 is 0. The molecule has 5 atom stereocenters. The number of nitrogens with zero attached hydrogens (tertiary/aromatic N) is 1. The number of allylic oxidation sites excluding steroid dienone is 2. The quantitative estimate of drug-likeness (QED) is 0.0229. The number of ketones is 1. The van der Waals surface area contributed by atoms with Gasteiger partial charge in [0.15, 0.2) is 11.5 Å². The highest BCUT2D eigenvalue weighted by Gasteiger charge is 2.40. The molecule has 14 heteroatoms. The van der Waals surface area contributed by atoms with Crippen molar-refractivity contribution in [2.24, 2.45) is 11.8 Å². The monoisotopic (exact) mass is 720 g/mol. The van der Waals surface area contributed by atoms with Gasteiger partial charge in [-0.3, -0.25) is 20.0 Å². The molecule has 51 heavy (non-hydrogen) atoms. The lowest BCUT2D eigenvalue weighted by molar-refractivity contribution is -0.493. The first-order valence-corrected chi connectivity index (χ1v) is 17.8. The van der Waals surface area contributed by atoms with Crippen LogP contribution in [-0.2, 0) is 28.8 Å². The van der Waals surface area contributed by atoms with Crippen LogP contribution in [0.3, 0.4) is 0 Å². The molecule has 1 saturated carbocycles. The zero-order valence-corrected chi connectivity index (χ0v) is 30.0. The predicted octanol–water partition coefficient (Wildman–Crippen LogP) is 4.86. The molecule has 1 aromatic carbocycles. The summed E-state index contributed by atoms with van der Waals surface area (Å²) in [5, 5.41) is 40.1. The van der Waals surface area contributed by atoms with Crippen molar-refractivity contribution in [3.8, 4) is 11.5 Å². The van der Waals surface area contributed by atoms with Gasteiger partial charge in [-0.15, -0.1) is 0 Å². The number of carbonyl (C=O) groups excluding carboxylic acids is 4. The molecular formula is C37H56N2O12. The lowest BCUT2D eigenvalue weighted by atomic mass is 9.86. The second-order valence-electron chi connectivity index (χ2n) is 12.7. The third-order valence-corrected chi connectivity index (χ3v) is 8.76.